The first-order chi connectivity index (χ1) is 12.2. The van der Waals surface area contributed by atoms with Gasteiger partial charge in [-0.1, -0.05) is 49.0 Å². The van der Waals surface area contributed by atoms with Crippen LogP contribution in [0.5, 0.6) is 5.75 Å². The average molecular weight is 349 g/mol. The van der Waals surface area contributed by atoms with Crippen LogP contribution in [0.3, 0.4) is 0 Å². The molecular formula is C20H19N3OS. The van der Waals surface area contributed by atoms with Gasteiger partial charge in [-0.2, -0.15) is 5.10 Å². The summed E-state index contributed by atoms with van der Waals surface area (Å²) in [5, 5.41) is 7.03. The molecular weight excluding hydrogens is 330 g/mol. The Bertz CT molecular complexity index is 871. The van der Waals surface area contributed by atoms with Gasteiger partial charge in [0.25, 0.3) is 0 Å². The van der Waals surface area contributed by atoms with E-state index in [1.54, 1.807) is 6.21 Å². The molecule has 0 bridgehead atoms. The van der Waals surface area contributed by atoms with Crippen LogP contribution < -0.4 is 10.2 Å². The lowest BCUT2D eigenvalue weighted by Gasteiger charge is -2.08. The van der Waals surface area contributed by atoms with Crippen LogP contribution in [0.2, 0.25) is 0 Å². The number of aromatic nitrogens is 1. The second-order valence-electron chi connectivity index (χ2n) is 5.56. The van der Waals surface area contributed by atoms with Gasteiger partial charge in [-0.05, 0) is 24.6 Å². The van der Waals surface area contributed by atoms with Crippen LogP contribution in [-0.4, -0.2) is 17.8 Å². The molecule has 0 unspecified atom stereocenters. The number of nitrogens with zero attached hydrogens (tertiary/aromatic N) is 2. The minimum atomic E-state index is 0.491. The van der Waals surface area contributed by atoms with E-state index >= 15 is 0 Å². The van der Waals surface area contributed by atoms with Gasteiger partial charge in [-0.15, -0.1) is 11.3 Å². The summed E-state index contributed by atoms with van der Waals surface area (Å²) in [6, 6.07) is 17.8. The van der Waals surface area contributed by atoms with Crippen LogP contribution >= 0.6 is 11.3 Å². The smallest absolute Gasteiger partial charge is 0.203 e. The molecule has 0 aliphatic carbocycles. The maximum absolute atomic E-state index is 5.73. The van der Waals surface area contributed by atoms with Crippen LogP contribution in [0.4, 0.5) is 5.13 Å². The van der Waals surface area contributed by atoms with Crippen LogP contribution in [-0.2, 0) is 0 Å². The second-order valence-corrected chi connectivity index (χ2v) is 6.42. The van der Waals surface area contributed by atoms with E-state index in [0.29, 0.717) is 6.61 Å². The van der Waals surface area contributed by atoms with Crippen molar-refractivity contribution in [2.24, 2.45) is 5.10 Å². The first-order valence-electron chi connectivity index (χ1n) is 7.88. The van der Waals surface area contributed by atoms with E-state index in [1.807, 2.05) is 66.9 Å². The minimum absolute atomic E-state index is 0.491. The lowest BCUT2D eigenvalue weighted by atomic mass is 10.2. The Hall–Kier alpha value is -2.92. The van der Waals surface area contributed by atoms with Crippen molar-refractivity contribution in [2.45, 2.75) is 6.92 Å². The Morgan fingerprint density at radius 3 is 2.76 bits per heavy atom. The third-order valence-electron chi connectivity index (χ3n) is 3.33. The third-order valence-corrected chi connectivity index (χ3v) is 4.08. The molecule has 0 fully saturated rings. The molecule has 126 valence electrons. The zero-order valence-corrected chi connectivity index (χ0v) is 14.8. The molecule has 1 aromatic heterocycles. The molecule has 0 atom stereocenters. The van der Waals surface area contributed by atoms with Gasteiger partial charge in [0.1, 0.15) is 12.4 Å². The molecule has 4 nitrogen and oxygen atoms in total. The topological polar surface area (TPSA) is 46.5 Å². The zero-order chi connectivity index (χ0) is 17.5. The van der Waals surface area contributed by atoms with Gasteiger partial charge >= 0.3 is 0 Å². The van der Waals surface area contributed by atoms with Crippen molar-refractivity contribution in [3.63, 3.8) is 0 Å². The van der Waals surface area contributed by atoms with Gasteiger partial charge in [-0.25, -0.2) is 4.98 Å². The largest absolute Gasteiger partial charge is 0.489 e. The fraction of sp³-hybridized carbons (Fsp3) is 0.100. The molecule has 0 saturated carbocycles. The number of nitrogens with one attached hydrogen (secondary N) is 1. The fourth-order valence-electron chi connectivity index (χ4n) is 2.14. The number of hydrogen-bond acceptors (Lipinski definition) is 5. The van der Waals surface area contributed by atoms with Crippen molar-refractivity contribution in [2.75, 3.05) is 12.0 Å². The molecule has 1 heterocycles. The Labute approximate surface area is 151 Å². The number of ether oxygens (including phenoxy) is 1. The third kappa shape index (κ3) is 4.78. The average Bonchev–Trinajstić information content (AvgIpc) is 3.10. The molecule has 25 heavy (non-hydrogen) atoms. The van der Waals surface area contributed by atoms with E-state index in [1.165, 1.54) is 11.3 Å². The molecule has 5 heteroatoms. The van der Waals surface area contributed by atoms with Crippen LogP contribution in [0.25, 0.3) is 11.3 Å². The lowest BCUT2D eigenvalue weighted by Crippen LogP contribution is -2.00. The molecule has 0 aliphatic rings. The number of hydrazone groups is 1. The molecule has 1 N–H and O–H groups in total. The highest BCUT2D eigenvalue weighted by atomic mass is 32.1. The number of benzene rings is 2. The number of anilines is 1. The molecule has 3 rings (SSSR count). The van der Waals surface area contributed by atoms with Crippen LogP contribution in [0, 0.1) is 0 Å². The lowest BCUT2D eigenvalue weighted by molar-refractivity contribution is 0.352. The summed E-state index contributed by atoms with van der Waals surface area (Å²) in [6.45, 7) is 6.28. The molecule has 0 aliphatic heterocycles. The van der Waals surface area contributed by atoms with E-state index in [4.69, 9.17) is 4.74 Å². The van der Waals surface area contributed by atoms with Gasteiger partial charge < -0.3 is 4.74 Å². The van der Waals surface area contributed by atoms with Crippen molar-refractivity contribution < 1.29 is 4.74 Å². The molecule has 3 aromatic rings. The Morgan fingerprint density at radius 2 is 1.96 bits per heavy atom. The van der Waals surface area contributed by atoms with Gasteiger partial charge in [-0.3, -0.25) is 5.43 Å². The summed E-state index contributed by atoms with van der Waals surface area (Å²) < 4.78 is 5.73. The van der Waals surface area contributed by atoms with Crippen LogP contribution in [0.1, 0.15) is 12.5 Å². The predicted octanol–water partition coefficient (Wildman–Crippen LogP) is 5.21. The standard InChI is InChI=1S/C20H19N3OS/c1-15(2)13-24-19-11-7-6-10-17(19)12-21-23-20-22-18(14-25-20)16-8-4-3-5-9-16/h3-12,14H,1,13H2,2H3,(H,22,23). The van der Waals surface area contributed by atoms with Crippen molar-refractivity contribution in [1.29, 1.82) is 0 Å². The Morgan fingerprint density at radius 1 is 1.20 bits per heavy atom. The minimum Gasteiger partial charge on any atom is -0.489 e. The maximum atomic E-state index is 5.73. The van der Waals surface area contributed by atoms with Gasteiger partial charge in [0.2, 0.25) is 5.13 Å². The van der Waals surface area contributed by atoms with Gasteiger partial charge in [0.05, 0.1) is 11.9 Å². The zero-order valence-electron chi connectivity index (χ0n) is 14.0. The van der Waals surface area contributed by atoms with Crippen LogP contribution in [0.15, 0.2) is 77.2 Å². The van der Waals surface area contributed by atoms with Gasteiger partial charge in [0.15, 0.2) is 0 Å². The highest BCUT2D eigenvalue weighted by molar-refractivity contribution is 7.14. The molecule has 0 spiro atoms. The molecule has 0 saturated heterocycles. The van der Waals surface area contributed by atoms with E-state index < -0.39 is 0 Å². The predicted molar refractivity (Wildman–Crippen MR) is 106 cm³/mol. The number of thiazole rings is 1. The molecule has 0 amide bonds. The van der Waals surface area contributed by atoms with E-state index in [0.717, 1.165) is 33.3 Å². The molecule has 0 radical (unpaired) electrons. The first-order valence-corrected chi connectivity index (χ1v) is 8.76. The van der Waals surface area contributed by atoms with Crippen molar-refractivity contribution in [1.82, 2.24) is 4.98 Å². The van der Waals surface area contributed by atoms with Gasteiger partial charge in [0, 0.05) is 16.5 Å². The number of para-hydroxylation sites is 1. The second kappa shape index (κ2) is 8.26. The summed E-state index contributed by atoms with van der Waals surface area (Å²) in [7, 11) is 0. The van der Waals surface area contributed by atoms with Crippen molar-refractivity contribution in [3.8, 4) is 17.0 Å². The van der Waals surface area contributed by atoms with Crippen molar-refractivity contribution in [3.05, 3.63) is 77.7 Å². The highest BCUT2D eigenvalue weighted by Crippen LogP contribution is 2.24. The SMILES string of the molecule is C=C(C)COc1ccccc1C=NNc1nc(-c2ccccc2)cs1. The Kier molecular flexibility index (Phi) is 5.59. The normalized spacial score (nSPS) is 10.8. The first kappa shape index (κ1) is 16.9. The monoisotopic (exact) mass is 349 g/mol. The van der Waals surface area contributed by atoms with E-state index in [-0.39, 0.29) is 0 Å². The number of rotatable bonds is 7. The summed E-state index contributed by atoms with van der Waals surface area (Å²) in [6.07, 6.45) is 1.73. The summed E-state index contributed by atoms with van der Waals surface area (Å²) in [4.78, 5) is 4.54. The summed E-state index contributed by atoms with van der Waals surface area (Å²) in [5.74, 6) is 0.778. The van der Waals surface area contributed by atoms with Crippen molar-refractivity contribution >= 4 is 22.7 Å². The van der Waals surface area contributed by atoms with E-state index in [9.17, 15) is 0 Å². The fourth-order valence-corrected chi connectivity index (χ4v) is 2.81. The maximum Gasteiger partial charge on any atom is 0.203 e. The Balaban J connectivity index is 1.66. The summed E-state index contributed by atoms with van der Waals surface area (Å²) >= 11 is 1.52. The highest BCUT2D eigenvalue weighted by Gasteiger charge is 2.04. The quantitative estimate of drug-likeness (QED) is 0.362. The summed E-state index contributed by atoms with van der Waals surface area (Å²) in [5.41, 5.74) is 6.88. The molecule has 2 aromatic carbocycles. The number of hydrogen-bond donors (Lipinski definition) is 1. The van der Waals surface area contributed by atoms with E-state index in [2.05, 4.69) is 22.1 Å².